The van der Waals surface area contributed by atoms with E-state index in [0.717, 1.165) is 11.3 Å². The standard InChI is InChI=1S/C22H32BN3O3/c1-15(2)13-21(23(28)29)24-14-20(16(3)4)26-22(27)19-12-8-11-18(25-19)17-9-6-5-7-10-17/h5-12,15-16,20-21,24,28-29H,13-14H2,1-4H3,(H,26,27)/t20-,21+/m1/s1. The highest BCUT2D eigenvalue weighted by atomic mass is 16.4. The van der Waals surface area contributed by atoms with Crippen molar-refractivity contribution in [2.24, 2.45) is 11.8 Å². The van der Waals surface area contributed by atoms with Crippen LogP contribution in [0.15, 0.2) is 48.5 Å². The third-order valence-electron chi connectivity index (χ3n) is 4.86. The molecule has 156 valence electrons. The Bertz CT molecular complexity index is 769. The van der Waals surface area contributed by atoms with Gasteiger partial charge in [-0.3, -0.25) is 4.79 Å². The third-order valence-corrected chi connectivity index (χ3v) is 4.86. The highest BCUT2D eigenvalue weighted by Gasteiger charge is 2.26. The van der Waals surface area contributed by atoms with Crippen LogP contribution in [0.1, 0.15) is 44.6 Å². The van der Waals surface area contributed by atoms with Crippen LogP contribution in [-0.2, 0) is 0 Å². The van der Waals surface area contributed by atoms with Crippen LogP contribution in [0.3, 0.4) is 0 Å². The van der Waals surface area contributed by atoms with Gasteiger partial charge in [0.15, 0.2) is 0 Å². The molecule has 4 N–H and O–H groups in total. The van der Waals surface area contributed by atoms with Crippen LogP contribution in [-0.4, -0.2) is 46.6 Å². The Kier molecular flexibility index (Phi) is 8.82. The number of carbonyl (C=O) groups is 1. The molecule has 1 amide bonds. The van der Waals surface area contributed by atoms with Crippen LogP contribution in [0, 0.1) is 11.8 Å². The molecule has 0 spiro atoms. The number of amides is 1. The zero-order valence-electron chi connectivity index (χ0n) is 17.7. The van der Waals surface area contributed by atoms with Gasteiger partial charge in [-0.2, -0.15) is 0 Å². The molecular formula is C22H32BN3O3. The molecule has 0 aliphatic heterocycles. The Balaban J connectivity index is 2.06. The lowest BCUT2D eigenvalue weighted by Crippen LogP contribution is -2.52. The van der Waals surface area contributed by atoms with E-state index in [1.54, 1.807) is 6.07 Å². The number of benzene rings is 1. The SMILES string of the molecule is CC(C)C[C@H](NC[C@@H](NC(=O)c1cccc(-c2ccccc2)n1)C(C)C)B(O)O. The van der Waals surface area contributed by atoms with Gasteiger partial charge in [0.1, 0.15) is 5.69 Å². The second-order valence-electron chi connectivity index (χ2n) is 8.16. The maximum Gasteiger partial charge on any atom is 0.469 e. The fourth-order valence-corrected chi connectivity index (χ4v) is 3.12. The van der Waals surface area contributed by atoms with Crippen molar-refractivity contribution < 1.29 is 14.8 Å². The van der Waals surface area contributed by atoms with Gasteiger partial charge in [-0.05, 0) is 30.4 Å². The van der Waals surface area contributed by atoms with Gasteiger partial charge in [-0.1, -0.05) is 64.1 Å². The van der Waals surface area contributed by atoms with Gasteiger partial charge < -0.3 is 20.7 Å². The minimum Gasteiger partial charge on any atom is -0.426 e. The largest absolute Gasteiger partial charge is 0.469 e. The predicted octanol–water partition coefficient (Wildman–Crippen LogP) is 2.52. The van der Waals surface area contributed by atoms with Crippen molar-refractivity contribution in [3.63, 3.8) is 0 Å². The minimum atomic E-state index is -1.44. The number of hydrogen-bond acceptors (Lipinski definition) is 5. The first kappa shape index (κ1) is 23.1. The molecule has 1 aromatic heterocycles. The average molecular weight is 397 g/mol. The summed E-state index contributed by atoms with van der Waals surface area (Å²) in [6, 6.07) is 15.0. The van der Waals surface area contributed by atoms with E-state index < -0.39 is 13.1 Å². The molecule has 0 radical (unpaired) electrons. The van der Waals surface area contributed by atoms with Crippen molar-refractivity contribution in [2.75, 3.05) is 6.54 Å². The molecule has 7 heteroatoms. The van der Waals surface area contributed by atoms with E-state index in [1.807, 2.05) is 70.2 Å². The first-order valence-electron chi connectivity index (χ1n) is 10.2. The molecule has 0 bridgehead atoms. The fourth-order valence-electron chi connectivity index (χ4n) is 3.12. The van der Waals surface area contributed by atoms with E-state index >= 15 is 0 Å². The normalized spacial score (nSPS) is 13.4. The Morgan fingerprint density at radius 3 is 2.31 bits per heavy atom. The van der Waals surface area contributed by atoms with E-state index in [0.29, 0.717) is 24.6 Å². The van der Waals surface area contributed by atoms with E-state index in [2.05, 4.69) is 15.6 Å². The van der Waals surface area contributed by atoms with Crippen LogP contribution >= 0.6 is 0 Å². The number of nitrogens with zero attached hydrogens (tertiary/aromatic N) is 1. The van der Waals surface area contributed by atoms with Crippen molar-refractivity contribution in [2.45, 2.75) is 46.1 Å². The predicted molar refractivity (Wildman–Crippen MR) is 117 cm³/mol. The summed E-state index contributed by atoms with van der Waals surface area (Å²) in [5.41, 5.74) is 2.06. The molecule has 0 aliphatic rings. The monoisotopic (exact) mass is 397 g/mol. The van der Waals surface area contributed by atoms with Gasteiger partial charge in [0, 0.05) is 24.1 Å². The smallest absolute Gasteiger partial charge is 0.426 e. The van der Waals surface area contributed by atoms with Gasteiger partial charge in [0.2, 0.25) is 0 Å². The van der Waals surface area contributed by atoms with Gasteiger partial charge >= 0.3 is 7.12 Å². The van der Waals surface area contributed by atoms with E-state index in [4.69, 9.17) is 0 Å². The number of hydrogen-bond donors (Lipinski definition) is 4. The molecule has 0 fully saturated rings. The third kappa shape index (κ3) is 7.27. The minimum absolute atomic E-state index is 0.166. The molecule has 2 aromatic rings. The van der Waals surface area contributed by atoms with E-state index in [1.165, 1.54) is 0 Å². The average Bonchev–Trinajstić information content (AvgIpc) is 2.70. The van der Waals surface area contributed by atoms with Crippen molar-refractivity contribution in [1.82, 2.24) is 15.6 Å². The quantitative estimate of drug-likeness (QED) is 0.462. The summed E-state index contributed by atoms with van der Waals surface area (Å²) in [6.07, 6.45) is 0.636. The molecular weight excluding hydrogens is 365 g/mol. The van der Waals surface area contributed by atoms with Crippen LogP contribution < -0.4 is 10.6 Å². The summed E-state index contributed by atoms with van der Waals surface area (Å²) in [6.45, 7) is 8.55. The number of aromatic nitrogens is 1. The maximum atomic E-state index is 12.8. The van der Waals surface area contributed by atoms with Gasteiger partial charge in [0.05, 0.1) is 5.69 Å². The van der Waals surface area contributed by atoms with Crippen molar-refractivity contribution in [1.29, 1.82) is 0 Å². The molecule has 1 heterocycles. The maximum absolute atomic E-state index is 12.8. The summed E-state index contributed by atoms with van der Waals surface area (Å²) in [7, 11) is -1.44. The highest BCUT2D eigenvalue weighted by molar-refractivity contribution is 6.43. The lowest BCUT2D eigenvalue weighted by Gasteiger charge is -2.26. The first-order valence-corrected chi connectivity index (χ1v) is 10.2. The Labute approximate surface area is 173 Å². The van der Waals surface area contributed by atoms with E-state index in [9.17, 15) is 14.8 Å². The molecule has 29 heavy (non-hydrogen) atoms. The van der Waals surface area contributed by atoms with E-state index in [-0.39, 0.29) is 17.9 Å². The van der Waals surface area contributed by atoms with Crippen LogP contribution in [0.2, 0.25) is 0 Å². The summed E-state index contributed by atoms with van der Waals surface area (Å²) in [5, 5.41) is 25.4. The summed E-state index contributed by atoms with van der Waals surface area (Å²) in [4.78, 5) is 17.3. The number of nitrogens with one attached hydrogen (secondary N) is 2. The Morgan fingerprint density at radius 1 is 1.03 bits per heavy atom. The van der Waals surface area contributed by atoms with Crippen molar-refractivity contribution >= 4 is 13.0 Å². The molecule has 0 aliphatic carbocycles. The Morgan fingerprint density at radius 2 is 1.72 bits per heavy atom. The number of rotatable bonds is 10. The summed E-state index contributed by atoms with van der Waals surface area (Å²) < 4.78 is 0. The zero-order valence-corrected chi connectivity index (χ0v) is 17.7. The molecule has 0 saturated carbocycles. The van der Waals surface area contributed by atoms with Gasteiger partial charge in [-0.15, -0.1) is 0 Å². The summed E-state index contributed by atoms with van der Waals surface area (Å²) in [5.74, 6) is -0.188. The molecule has 1 aromatic carbocycles. The molecule has 2 rings (SSSR count). The van der Waals surface area contributed by atoms with Crippen LogP contribution in [0.5, 0.6) is 0 Å². The molecule has 2 atom stereocenters. The topological polar surface area (TPSA) is 94.5 Å². The second kappa shape index (κ2) is 11.1. The lowest BCUT2D eigenvalue weighted by atomic mass is 9.75. The molecule has 0 saturated heterocycles. The lowest BCUT2D eigenvalue weighted by molar-refractivity contribution is 0.0919. The van der Waals surface area contributed by atoms with Gasteiger partial charge in [0.25, 0.3) is 5.91 Å². The molecule has 0 unspecified atom stereocenters. The van der Waals surface area contributed by atoms with Crippen LogP contribution in [0.25, 0.3) is 11.3 Å². The summed E-state index contributed by atoms with van der Waals surface area (Å²) >= 11 is 0. The second-order valence-corrected chi connectivity index (χ2v) is 8.16. The zero-order chi connectivity index (χ0) is 21.4. The van der Waals surface area contributed by atoms with Crippen LogP contribution in [0.4, 0.5) is 0 Å². The Hall–Kier alpha value is -2.22. The fraction of sp³-hybridized carbons (Fsp3) is 0.455. The molecule has 6 nitrogen and oxygen atoms in total. The van der Waals surface area contributed by atoms with Crippen molar-refractivity contribution in [3.05, 3.63) is 54.2 Å². The number of pyridine rings is 1. The first-order chi connectivity index (χ1) is 13.8. The highest BCUT2D eigenvalue weighted by Crippen LogP contribution is 2.16. The van der Waals surface area contributed by atoms with Gasteiger partial charge in [-0.25, -0.2) is 4.98 Å². The number of carbonyl (C=O) groups excluding carboxylic acids is 1. The van der Waals surface area contributed by atoms with Crippen molar-refractivity contribution in [3.8, 4) is 11.3 Å².